The predicted molar refractivity (Wildman–Crippen MR) is 260 cm³/mol. The second kappa shape index (κ2) is 17.6. The molecule has 0 spiro atoms. The van der Waals surface area contributed by atoms with Crippen LogP contribution in [-0.2, 0) is 29.6 Å². The van der Waals surface area contributed by atoms with Gasteiger partial charge in [0.05, 0.1) is 70.1 Å². The molecule has 0 unspecified atom stereocenters. The van der Waals surface area contributed by atoms with Gasteiger partial charge in [-0.1, -0.05) is 40.6 Å². The van der Waals surface area contributed by atoms with Crippen molar-refractivity contribution in [3.8, 4) is 22.3 Å². The van der Waals surface area contributed by atoms with Crippen LogP contribution in [0.4, 0.5) is 5.69 Å². The Morgan fingerprint density at radius 1 is 0.638 bits per heavy atom. The molecule has 69 heavy (non-hydrogen) atoms. The third kappa shape index (κ3) is 8.54. The lowest BCUT2D eigenvalue weighted by molar-refractivity contribution is -0.119. The minimum absolute atomic E-state index is 0.0178. The molecule has 8 heterocycles. The predicted octanol–water partition coefficient (Wildman–Crippen LogP) is 7.16. The maximum absolute atomic E-state index is 13.2. The fraction of sp³-hybridized carbons (Fsp3) is 0.429. The monoisotopic (exact) mass is 976 g/mol. The summed E-state index contributed by atoms with van der Waals surface area (Å²) in [5.74, 6) is 3.17. The first-order chi connectivity index (χ1) is 32.8. The molecular weight excluding hydrogens is 921 g/mol. The molecule has 0 radical (unpaired) electrons. The van der Waals surface area contributed by atoms with Crippen LogP contribution in [0.3, 0.4) is 0 Å². The Morgan fingerprint density at radius 3 is 1.62 bits per heavy atom. The average Bonchev–Trinajstić information content (AvgIpc) is 4.16. The number of anilines is 1. The van der Waals surface area contributed by atoms with Crippen molar-refractivity contribution in [2.24, 2.45) is 0 Å². The van der Waals surface area contributed by atoms with Crippen molar-refractivity contribution in [2.75, 3.05) is 43.6 Å². The van der Waals surface area contributed by atoms with E-state index in [2.05, 4.69) is 24.8 Å². The quantitative estimate of drug-likeness (QED) is 0.153. The lowest BCUT2D eigenvalue weighted by Gasteiger charge is -2.28. The van der Waals surface area contributed by atoms with Crippen molar-refractivity contribution in [2.45, 2.75) is 97.3 Å². The molecule has 20 heteroatoms. The highest BCUT2D eigenvalue weighted by atomic mass is 32.2. The van der Waals surface area contributed by atoms with Crippen LogP contribution in [0.2, 0.25) is 0 Å². The number of para-hydroxylation sites is 1. The molecule has 4 atom stereocenters. The van der Waals surface area contributed by atoms with E-state index in [1.54, 1.807) is 0 Å². The maximum atomic E-state index is 13.2. The minimum Gasteiger partial charge on any atom is -0.361 e. The van der Waals surface area contributed by atoms with E-state index in [4.69, 9.17) is 19.0 Å². The van der Waals surface area contributed by atoms with Gasteiger partial charge in [0.15, 0.2) is 0 Å². The van der Waals surface area contributed by atoms with Crippen LogP contribution in [0.5, 0.6) is 0 Å². The Kier molecular flexibility index (Phi) is 11.9. The molecule has 1 N–H and O–H groups in total. The summed E-state index contributed by atoms with van der Waals surface area (Å²) in [7, 11) is -6.56. The van der Waals surface area contributed by atoms with Gasteiger partial charge >= 0.3 is 0 Å². The van der Waals surface area contributed by atoms with Crippen molar-refractivity contribution in [1.82, 2.24) is 43.3 Å². The molecule has 362 valence electrons. The molecule has 2 amide bonds. The van der Waals surface area contributed by atoms with E-state index in [9.17, 15) is 26.4 Å². The summed E-state index contributed by atoms with van der Waals surface area (Å²) >= 11 is 0. The van der Waals surface area contributed by atoms with Gasteiger partial charge < -0.3 is 28.4 Å². The van der Waals surface area contributed by atoms with Crippen LogP contribution in [0.1, 0.15) is 103 Å². The van der Waals surface area contributed by atoms with Gasteiger partial charge in [-0.05, 0) is 107 Å². The molecule has 4 aliphatic heterocycles. The Bertz CT molecular complexity index is 3370. The topological polar surface area (TPSA) is 212 Å². The van der Waals surface area contributed by atoms with Gasteiger partial charge in [0.2, 0.25) is 31.9 Å². The van der Waals surface area contributed by atoms with Crippen LogP contribution in [0, 0.1) is 34.6 Å². The minimum atomic E-state index is -3.31. The molecule has 0 bridgehead atoms. The van der Waals surface area contributed by atoms with E-state index in [0.717, 1.165) is 90.1 Å². The number of hydrogen-bond acceptors (Lipinski definition) is 12. The standard InChI is InChI=1S/C28H31N5O4S.C21H25N5O4S/c1-17-7-5-6-8-23(17)33-25(11-12-26(33)34)28-29-22-15-20(27-18(2)30-37-19(27)3)9-10-24(22)32(28)21-13-14-31(16-21)38(4,35)36;1-12-20(13(2)30-24-12)14-4-6-18-17(10-14)23-21(16-5-7-19(27)22-16)26(18)15-8-9-25(11-15)31(3,28)29/h5-10,15,21,25H,11-14,16H2,1-4H3;4,6,10,15-16H,5,7-9,11H2,1-3H3,(H,22,27)/t21-,25+;15-,16+/m11/s1. The molecule has 0 saturated carbocycles. The second-order valence-electron chi connectivity index (χ2n) is 18.9. The van der Waals surface area contributed by atoms with E-state index in [-0.39, 0.29) is 36.0 Å². The Hall–Kier alpha value is -6.22. The van der Waals surface area contributed by atoms with Crippen molar-refractivity contribution in [3.05, 3.63) is 101 Å². The molecule has 4 aliphatic rings. The number of fused-ring (bicyclic) bond motifs is 2. The summed E-state index contributed by atoms with van der Waals surface area (Å²) in [6, 6.07) is 19.6. The number of nitrogens with zero attached hydrogens (tertiary/aromatic N) is 9. The summed E-state index contributed by atoms with van der Waals surface area (Å²) in [6.45, 7) is 11.4. The number of nitrogens with one attached hydrogen (secondary N) is 1. The van der Waals surface area contributed by atoms with Crippen molar-refractivity contribution in [3.63, 3.8) is 0 Å². The number of carbonyl (C=O) groups is 2. The molecule has 11 rings (SSSR count). The third-order valence-electron chi connectivity index (χ3n) is 14.2. The zero-order chi connectivity index (χ0) is 48.7. The lowest BCUT2D eigenvalue weighted by atomic mass is 10.0. The van der Waals surface area contributed by atoms with Gasteiger partial charge in [0.25, 0.3) is 0 Å². The van der Waals surface area contributed by atoms with E-state index < -0.39 is 20.0 Å². The molecule has 4 saturated heterocycles. The highest BCUT2D eigenvalue weighted by Crippen LogP contribution is 2.43. The van der Waals surface area contributed by atoms with Crippen molar-refractivity contribution in [1.29, 1.82) is 0 Å². The van der Waals surface area contributed by atoms with E-state index >= 15 is 0 Å². The third-order valence-corrected chi connectivity index (χ3v) is 16.7. The molecule has 0 aliphatic carbocycles. The van der Waals surface area contributed by atoms with Crippen molar-refractivity contribution >= 4 is 59.6 Å². The van der Waals surface area contributed by atoms with E-state index in [1.807, 2.05) is 100 Å². The maximum Gasteiger partial charge on any atom is 0.227 e. The number of sulfonamides is 2. The van der Waals surface area contributed by atoms with E-state index in [1.165, 1.54) is 21.1 Å². The molecule has 7 aromatic rings. The highest BCUT2D eigenvalue weighted by molar-refractivity contribution is 7.88. The van der Waals surface area contributed by atoms with Gasteiger partial charge in [-0.25, -0.2) is 35.4 Å². The zero-order valence-corrected chi connectivity index (χ0v) is 41.4. The van der Waals surface area contributed by atoms with Crippen LogP contribution in [0.25, 0.3) is 44.3 Å². The smallest absolute Gasteiger partial charge is 0.227 e. The van der Waals surface area contributed by atoms with Gasteiger partial charge in [0.1, 0.15) is 23.2 Å². The molecule has 4 fully saturated rings. The second-order valence-corrected chi connectivity index (χ2v) is 22.8. The summed E-state index contributed by atoms with van der Waals surface area (Å²) in [6.07, 6.45) is 6.13. The Labute approximate surface area is 400 Å². The summed E-state index contributed by atoms with van der Waals surface area (Å²) < 4.78 is 66.9. The zero-order valence-electron chi connectivity index (χ0n) is 39.8. The molecule has 4 aromatic heterocycles. The summed E-state index contributed by atoms with van der Waals surface area (Å²) in [5.41, 5.74) is 10.9. The van der Waals surface area contributed by atoms with E-state index in [0.29, 0.717) is 64.7 Å². The number of imidazole rings is 2. The first-order valence-corrected chi connectivity index (χ1v) is 27.0. The molecular formula is C49H56N10O8S2. The average molecular weight is 977 g/mol. The number of rotatable bonds is 9. The highest BCUT2D eigenvalue weighted by Gasteiger charge is 2.41. The number of aromatic nitrogens is 6. The lowest BCUT2D eigenvalue weighted by Crippen LogP contribution is -2.31. The summed E-state index contributed by atoms with van der Waals surface area (Å²) in [4.78, 5) is 37.0. The van der Waals surface area contributed by atoms with Crippen LogP contribution in [0.15, 0.2) is 69.7 Å². The van der Waals surface area contributed by atoms with Gasteiger partial charge in [-0.3, -0.25) is 9.59 Å². The number of benzene rings is 3. The van der Waals surface area contributed by atoms with Crippen LogP contribution >= 0.6 is 0 Å². The summed E-state index contributed by atoms with van der Waals surface area (Å²) in [5, 5.41) is 11.2. The van der Waals surface area contributed by atoms with Gasteiger partial charge in [-0.2, -0.15) is 0 Å². The fourth-order valence-corrected chi connectivity index (χ4v) is 12.7. The number of hydrogen-bond donors (Lipinski definition) is 1. The van der Waals surface area contributed by atoms with Crippen molar-refractivity contribution < 1.29 is 35.5 Å². The fourth-order valence-electron chi connectivity index (χ4n) is 10.9. The van der Waals surface area contributed by atoms with Gasteiger partial charge in [-0.15, -0.1) is 0 Å². The van der Waals surface area contributed by atoms with Crippen LogP contribution in [-0.4, -0.2) is 105 Å². The van der Waals surface area contributed by atoms with Crippen LogP contribution < -0.4 is 10.2 Å². The first kappa shape index (κ1) is 46.5. The Morgan fingerprint density at radius 2 is 1.16 bits per heavy atom. The first-order valence-electron chi connectivity index (χ1n) is 23.3. The number of carbonyl (C=O) groups excluding carboxylic acids is 2. The largest absolute Gasteiger partial charge is 0.361 e. The normalized spacial score (nSPS) is 21.5. The molecule has 3 aromatic carbocycles. The van der Waals surface area contributed by atoms with Gasteiger partial charge in [0, 0.05) is 55.8 Å². The number of amides is 2. The molecule has 18 nitrogen and oxygen atoms in total. The number of aryl methyl sites for hydroxylation is 5. The Balaban J connectivity index is 0.000000164. The SMILES string of the molecule is Cc1ccccc1N1C(=O)CC[C@H]1c1nc2cc(-c3c(C)noc3C)ccc2n1[C@@H]1CCN(S(C)(=O)=O)C1.Cc1noc(C)c1-c1ccc2c(c1)nc([C@@H]1CCC(=O)N1)n2[C@@H]1CCN(S(C)(=O)=O)C1.